The number of halogens is 2. The molecule has 236 valence electrons. The third-order valence-corrected chi connectivity index (χ3v) is 8.30. The molecule has 1 aliphatic rings. The fraction of sp³-hybridized carbons (Fsp3) is 0.600. The van der Waals surface area contributed by atoms with Gasteiger partial charge in [-0.1, -0.05) is 64.3 Å². The normalized spacial score (nSPS) is 17.1. The molecule has 3 amide bonds. The summed E-state index contributed by atoms with van der Waals surface area (Å²) in [4.78, 5) is 46.5. The van der Waals surface area contributed by atoms with Gasteiger partial charge in [0.15, 0.2) is 0 Å². The summed E-state index contributed by atoms with van der Waals surface area (Å²) in [6, 6.07) is 6.34. The second kappa shape index (κ2) is 17.8. The van der Waals surface area contributed by atoms with Crippen molar-refractivity contribution in [2.24, 2.45) is 11.1 Å². The van der Waals surface area contributed by atoms with Crippen LogP contribution >= 0.6 is 36.2 Å². The number of hydrogen-bond acceptors (Lipinski definition) is 7. The van der Waals surface area contributed by atoms with E-state index < -0.39 is 23.6 Å². The summed E-state index contributed by atoms with van der Waals surface area (Å²) in [5.74, 6) is -0.835. The molecule has 42 heavy (non-hydrogen) atoms. The molecule has 1 aliphatic heterocycles. The predicted molar refractivity (Wildman–Crippen MR) is 173 cm³/mol. The molecule has 3 unspecified atom stereocenters. The van der Waals surface area contributed by atoms with Crippen LogP contribution in [0.2, 0.25) is 0 Å². The summed E-state index contributed by atoms with van der Waals surface area (Å²) in [6.07, 6.45) is 4.47. The minimum atomic E-state index is -0.805. The Bertz CT molecular complexity index is 1140. The van der Waals surface area contributed by atoms with Gasteiger partial charge in [-0.2, -0.15) is 0 Å². The summed E-state index contributed by atoms with van der Waals surface area (Å²) in [5.41, 5.74) is 9.77. The van der Waals surface area contributed by atoms with E-state index in [0.717, 1.165) is 53.8 Å². The summed E-state index contributed by atoms with van der Waals surface area (Å²) in [7, 11) is 0. The molecule has 3 rings (SSSR count). The molecule has 1 fully saturated rings. The van der Waals surface area contributed by atoms with Crippen LogP contribution in [0.25, 0.3) is 10.4 Å². The average molecular weight is 645 g/mol. The van der Waals surface area contributed by atoms with E-state index >= 15 is 0 Å². The Balaban J connectivity index is 0.00000441. The number of nitrogens with one attached hydrogen (secondary N) is 2. The van der Waals surface area contributed by atoms with Crippen LogP contribution < -0.4 is 16.4 Å². The van der Waals surface area contributed by atoms with Crippen molar-refractivity contribution in [1.82, 2.24) is 20.5 Å². The molecule has 2 aromatic rings. The lowest BCUT2D eigenvalue weighted by Gasteiger charge is -2.35. The van der Waals surface area contributed by atoms with Gasteiger partial charge in [0, 0.05) is 25.9 Å². The number of thiazole rings is 1. The Morgan fingerprint density at radius 1 is 1.10 bits per heavy atom. The second-order valence-electron chi connectivity index (χ2n) is 11.8. The van der Waals surface area contributed by atoms with Crippen molar-refractivity contribution in [3.05, 3.63) is 41.0 Å². The molecule has 1 aromatic carbocycles. The number of nitrogens with zero attached hydrogens (tertiary/aromatic N) is 2. The van der Waals surface area contributed by atoms with Gasteiger partial charge < -0.3 is 26.4 Å². The fourth-order valence-corrected chi connectivity index (χ4v) is 5.79. The summed E-state index contributed by atoms with van der Waals surface area (Å²) in [6.45, 7) is 8.69. The van der Waals surface area contributed by atoms with Crippen LogP contribution in [0.5, 0.6) is 0 Å². The highest BCUT2D eigenvalue weighted by Crippen LogP contribution is 2.28. The molecule has 3 atom stereocenters. The van der Waals surface area contributed by atoms with Crippen LogP contribution in [-0.2, 0) is 20.9 Å². The topological polar surface area (TPSA) is 138 Å². The molecule has 0 spiro atoms. The van der Waals surface area contributed by atoms with Gasteiger partial charge >= 0.3 is 0 Å². The molecule has 1 saturated heterocycles. The first kappa shape index (κ1) is 37.8. The maximum Gasteiger partial charge on any atom is 0.246 e. The number of β-amino-alcohol motifs (C(OH)–C–C–N with tert-alkyl or cyclic N) is 1. The number of likely N-dealkylation sites (tertiary alicyclic amines) is 1. The quantitative estimate of drug-likeness (QED) is 0.239. The molecule has 5 N–H and O–H groups in total. The number of amides is 3. The van der Waals surface area contributed by atoms with Crippen molar-refractivity contribution < 1.29 is 19.5 Å². The van der Waals surface area contributed by atoms with Gasteiger partial charge in [0.05, 0.1) is 22.2 Å². The lowest BCUT2D eigenvalue weighted by atomic mass is 9.85. The van der Waals surface area contributed by atoms with E-state index in [1.807, 2.05) is 57.5 Å². The van der Waals surface area contributed by atoms with Crippen LogP contribution in [0, 0.1) is 12.3 Å². The molecule has 0 bridgehead atoms. The number of aromatic nitrogens is 1. The van der Waals surface area contributed by atoms with E-state index in [2.05, 4.69) is 15.6 Å². The van der Waals surface area contributed by atoms with Crippen molar-refractivity contribution in [3.63, 3.8) is 0 Å². The van der Waals surface area contributed by atoms with E-state index in [1.54, 1.807) is 11.3 Å². The van der Waals surface area contributed by atoms with Crippen molar-refractivity contribution >= 4 is 53.9 Å². The van der Waals surface area contributed by atoms with Gasteiger partial charge in [0.2, 0.25) is 17.7 Å². The number of hydrogen-bond donors (Lipinski definition) is 4. The number of aliphatic hydroxyl groups excluding tert-OH is 1. The first-order valence-corrected chi connectivity index (χ1v) is 15.1. The minimum Gasteiger partial charge on any atom is -0.391 e. The Labute approximate surface area is 266 Å². The molecule has 0 radical (unpaired) electrons. The lowest BCUT2D eigenvalue weighted by molar-refractivity contribution is -0.144. The zero-order valence-electron chi connectivity index (χ0n) is 25.1. The standard InChI is InChI=1S/C30H45N5O4S.2ClH/c1-20-26(40-19-33-20)22-13-11-21(12-14-22)17-32-28(38)24-16-23(36)18-35(24)29(39)27(30(2,3)4)34-25(37)10-8-6-5-7-9-15-31;;/h11-14,19,23-24,27,36H,5-10,15-18,31H2,1-4H3,(H,32,38)(H,34,37);2*1H. The zero-order valence-corrected chi connectivity index (χ0v) is 27.5. The summed E-state index contributed by atoms with van der Waals surface area (Å²) < 4.78 is 0. The van der Waals surface area contributed by atoms with Crippen molar-refractivity contribution in [2.45, 2.75) is 97.4 Å². The second-order valence-corrected chi connectivity index (χ2v) is 12.6. The Kier molecular flexibility index (Phi) is 16.0. The fourth-order valence-electron chi connectivity index (χ4n) is 4.97. The van der Waals surface area contributed by atoms with Gasteiger partial charge in [0.25, 0.3) is 0 Å². The number of aliphatic hydroxyl groups is 1. The molecule has 1 aromatic heterocycles. The van der Waals surface area contributed by atoms with Crippen molar-refractivity contribution in [1.29, 1.82) is 0 Å². The highest BCUT2D eigenvalue weighted by atomic mass is 35.5. The minimum absolute atomic E-state index is 0. The first-order chi connectivity index (χ1) is 19.0. The van der Waals surface area contributed by atoms with Gasteiger partial charge in [-0.15, -0.1) is 36.2 Å². The van der Waals surface area contributed by atoms with E-state index in [4.69, 9.17) is 5.73 Å². The number of carbonyl (C=O) groups excluding carboxylic acids is 3. The van der Waals surface area contributed by atoms with Crippen LogP contribution in [-0.4, -0.2) is 64.0 Å². The molecular formula is C30H47Cl2N5O4S. The van der Waals surface area contributed by atoms with Crippen LogP contribution in [0.3, 0.4) is 0 Å². The smallest absolute Gasteiger partial charge is 0.246 e. The largest absolute Gasteiger partial charge is 0.391 e. The van der Waals surface area contributed by atoms with E-state index in [1.165, 1.54) is 4.90 Å². The van der Waals surface area contributed by atoms with Crippen LogP contribution in [0.1, 0.15) is 77.0 Å². The summed E-state index contributed by atoms with van der Waals surface area (Å²) >= 11 is 1.59. The maximum absolute atomic E-state index is 13.7. The Morgan fingerprint density at radius 3 is 2.33 bits per heavy atom. The highest BCUT2D eigenvalue weighted by molar-refractivity contribution is 7.13. The van der Waals surface area contributed by atoms with Crippen molar-refractivity contribution in [2.75, 3.05) is 13.1 Å². The molecule has 0 saturated carbocycles. The van der Waals surface area contributed by atoms with E-state index in [9.17, 15) is 19.5 Å². The van der Waals surface area contributed by atoms with Crippen molar-refractivity contribution in [3.8, 4) is 10.4 Å². The number of rotatable bonds is 13. The predicted octanol–water partition coefficient (Wildman–Crippen LogP) is 4.37. The van der Waals surface area contributed by atoms with Crippen LogP contribution in [0.4, 0.5) is 0 Å². The van der Waals surface area contributed by atoms with Gasteiger partial charge in [-0.25, -0.2) is 4.98 Å². The van der Waals surface area contributed by atoms with Crippen LogP contribution in [0.15, 0.2) is 29.8 Å². The monoisotopic (exact) mass is 643 g/mol. The number of nitrogens with two attached hydrogens (primary N) is 1. The molecule has 9 nitrogen and oxygen atoms in total. The number of benzene rings is 1. The van der Waals surface area contributed by atoms with Gasteiger partial charge in [0.1, 0.15) is 12.1 Å². The maximum atomic E-state index is 13.7. The third kappa shape index (κ3) is 10.8. The number of unbranched alkanes of at least 4 members (excludes halogenated alkanes) is 4. The van der Waals surface area contributed by atoms with E-state index in [0.29, 0.717) is 19.5 Å². The Morgan fingerprint density at radius 2 is 1.74 bits per heavy atom. The lowest BCUT2D eigenvalue weighted by Crippen LogP contribution is -2.57. The number of aryl methyl sites for hydroxylation is 1. The molecular weight excluding hydrogens is 597 g/mol. The summed E-state index contributed by atoms with van der Waals surface area (Å²) in [5, 5.41) is 16.2. The van der Waals surface area contributed by atoms with Gasteiger partial charge in [-0.05, 0) is 42.9 Å². The van der Waals surface area contributed by atoms with Gasteiger partial charge in [-0.3, -0.25) is 14.4 Å². The third-order valence-electron chi connectivity index (χ3n) is 7.32. The first-order valence-electron chi connectivity index (χ1n) is 14.3. The number of carbonyl (C=O) groups is 3. The highest BCUT2D eigenvalue weighted by Gasteiger charge is 2.44. The molecule has 2 heterocycles. The molecule has 12 heteroatoms. The van der Waals surface area contributed by atoms with E-state index in [-0.39, 0.29) is 55.5 Å². The zero-order chi connectivity index (χ0) is 29.3. The molecule has 0 aliphatic carbocycles. The Hall–Kier alpha value is -2.24. The SMILES string of the molecule is Cc1ncsc1-c1ccc(CNC(=O)C2CC(O)CN2C(=O)C(NC(=O)CCCCCCCN)C(C)(C)C)cc1.Cl.Cl. The average Bonchev–Trinajstić information content (AvgIpc) is 3.52.